The molecule has 0 bridgehead atoms. The minimum Gasteiger partial charge on any atom is -0.462 e. The molecule has 2 aliphatic heterocycles. The summed E-state index contributed by atoms with van der Waals surface area (Å²) in [5, 5.41) is 2.65. The Labute approximate surface area is 166 Å². The number of esters is 1. The third-order valence-electron chi connectivity index (χ3n) is 4.93. The van der Waals surface area contributed by atoms with E-state index in [1.807, 2.05) is 13.0 Å². The van der Waals surface area contributed by atoms with Gasteiger partial charge in [0.1, 0.15) is 0 Å². The zero-order chi connectivity index (χ0) is 20.5. The molecule has 0 aromatic heterocycles. The Hall–Kier alpha value is -2.67. The quantitative estimate of drug-likeness (QED) is 0.434. The molecule has 2 amide bonds. The van der Waals surface area contributed by atoms with Crippen molar-refractivity contribution in [2.75, 3.05) is 6.61 Å². The molecule has 2 atom stereocenters. The zero-order valence-electron chi connectivity index (χ0n) is 16.7. The van der Waals surface area contributed by atoms with Crippen LogP contribution >= 0.6 is 0 Å². The predicted molar refractivity (Wildman–Crippen MR) is 109 cm³/mol. The van der Waals surface area contributed by atoms with E-state index in [0.717, 1.165) is 6.04 Å². The third-order valence-corrected chi connectivity index (χ3v) is 6.63. The van der Waals surface area contributed by atoms with Crippen LogP contribution in [0, 0.1) is 5.92 Å². The molecule has 148 valence electrons. The Kier molecular flexibility index (Phi) is 5.56. The highest BCUT2D eigenvalue weighted by molar-refractivity contribution is 6.76. The number of hydrogen-bond acceptors (Lipinski definition) is 4. The van der Waals surface area contributed by atoms with Gasteiger partial charge in [0.2, 0.25) is 5.91 Å². The molecule has 0 N–H and O–H groups in total. The molecular weight excluding hydrogens is 372 g/mol. The maximum absolute atomic E-state index is 13.0. The fourth-order valence-electron chi connectivity index (χ4n) is 3.09. The van der Waals surface area contributed by atoms with Gasteiger partial charge in [-0.1, -0.05) is 50.8 Å². The third kappa shape index (κ3) is 4.09. The number of amides is 2. The van der Waals surface area contributed by atoms with E-state index in [2.05, 4.69) is 19.6 Å². The smallest absolute Gasteiger partial charge is 0.339 e. The van der Waals surface area contributed by atoms with E-state index in [1.54, 1.807) is 36.4 Å². The van der Waals surface area contributed by atoms with Crippen LogP contribution in [0.4, 0.5) is 0 Å². The van der Waals surface area contributed by atoms with Crippen LogP contribution in [-0.4, -0.2) is 48.5 Å². The summed E-state index contributed by atoms with van der Waals surface area (Å²) in [4.78, 5) is 38.0. The first-order valence-electron chi connectivity index (χ1n) is 9.48. The first-order valence-corrected chi connectivity index (χ1v) is 13.2. The highest BCUT2D eigenvalue weighted by Crippen LogP contribution is 2.33. The van der Waals surface area contributed by atoms with Crippen molar-refractivity contribution in [2.24, 2.45) is 5.92 Å². The summed E-state index contributed by atoms with van der Waals surface area (Å²) in [6.07, 6.45) is 4.85. The molecule has 2 heterocycles. The SMILES string of the molecule is CC1C(=O)N2C1C=CC(C(=O)OCC[Si](C)(C)C)=CN2C(=O)c1ccccc1. The number of rotatable bonds is 5. The summed E-state index contributed by atoms with van der Waals surface area (Å²) < 4.78 is 5.43. The monoisotopic (exact) mass is 398 g/mol. The van der Waals surface area contributed by atoms with E-state index in [0.29, 0.717) is 12.2 Å². The molecule has 1 aromatic carbocycles. The van der Waals surface area contributed by atoms with Crippen LogP contribution in [0.15, 0.2) is 54.3 Å². The van der Waals surface area contributed by atoms with Crippen LogP contribution in [0.3, 0.4) is 0 Å². The first-order chi connectivity index (χ1) is 13.2. The van der Waals surface area contributed by atoms with Crippen molar-refractivity contribution < 1.29 is 19.1 Å². The summed E-state index contributed by atoms with van der Waals surface area (Å²) >= 11 is 0. The van der Waals surface area contributed by atoms with Gasteiger partial charge in [-0.3, -0.25) is 9.59 Å². The van der Waals surface area contributed by atoms with Crippen LogP contribution in [0.25, 0.3) is 0 Å². The van der Waals surface area contributed by atoms with Crippen LogP contribution in [-0.2, 0) is 14.3 Å². The van der Waals surface area contributed by atoms with Crippen molar-refractivity contribution >= 4 is 25.9 Å². The van der Waals surface area contributed by atoms with E-state index in [1.165, 1.54) is 16.2 Å². The second kappa shape index (κ2) is 7.75. The number of β-lactam (4-membered cyclic amide) rings is 1. The fourth-order valence-corrected chi connectivity index (χ4v) is 3.81. The predicted octanol–water partition coefficient (Wildman–Crippen LogP) is 3.23. The van der Waals surface area contributed by atoms with E-state index in [-0.39, 0.29) is 29.3 Å². The van der Waals surface area contributed by atoms with Crippen molar-refractivity contribution in [2.45, 2.75) is 38.7 Å². The van der Waals surface area contributed by atoms with Crippen LogP contribution in [0.1, 0.15) is 17.3 Å². The molecule has 0 spiro atoms. The molecule has 2 unspecified atom stereocenters. The number of fused-ring (bicyclic) bond motifs is 1. The largest absolute Gasteiger partial charge is 0.462 e. The Balaban J connectivity index is 1.85. The van der Waals surface area contributed by atoms with E-state index in [9.17, 15) is 14.4 Å². The van der Waals surface area contributed by atoms with Crippen LogP contribution < -0.4 is 0 Å². The average Bonchev–Trinajstić information content (AvgIpc) is 2.84. The second-order valence-corrected chi connectivity index (χ2v) is 14.0. The van der Waals surface area contributed by atoms with Gasteiger partial charge in [-0.05, 0) is 24.3 Å². The van der Waals surface area contributed by atoms with Gasteiger partial charge in [0.25, 0.3) is 5.91 Å². The lowest BCUT2D eigenvalue weighted by molar-refractivity contribution is -0.170. The molecule has 1 fully saturated rings. The van der Waals surface area contributed by atoms with Crippen molar-refractivity contribution in [3.8, 4) is 0 Å². The van der Waals surface area contributed by atoms with Gasteiger partial charge in [-0.2, -0.15) is 0 Å². The van der Waals surface area contributed by atoms with Gasteiger partial charge < -0.3 is 4.74 Å². The number of hydrogen-bond donors (Lipinski definition) is 0. The van der Waals surface area contributed by atoms with Crippen LogP contribution in [0.5, 0.6) is 0 Å². The molecule has 1 saturated heterocycles. The molecule has 0 saturated carbocycles. The fraction of sp³-hybridized carbons (Fsp3) is 0.381. The number of ether oxygens (including phenoxy) is 1. The number of benzene rings is 1. The number of nitrogens with zero attached hydrogens (tertiary/aromatic N) is 2. The molecule has 28 heavy (non-hydrogen) atoms. The van der Waals surface area contributed by atoms with Gasteiger partial charge in [0.05, 0.1) is 24.1 Å². The number of hydrazine groups is 1. The lowest BCUT2D eigenvalue weighted by atomic mass is 9.90. The molecule has 6 nitrogen and oxygen atoms in total. The maximum Gasteiger partial charge on any atom is 0.339 e. The minimum atomic E-state index is -1.32. The normalized spacial score (nSPS) is 21.4. The van der Waals surface area contributed by atoms with E-state index >= 15 is 0 Å². The molecule has 1 aromatic rings. The Morgan fingerprint density at radius 2 is 1.82 bits per heavy atom. The minimum absolute atomic E-state index is 0.150. The van der Waals surface area contributed by atoms with E-state index < -0.39 is 14.0 Å². The Morgan fingerprint density at radius 3 is 2.46 bits per heavy atom. The maximum atomic E-state index is 13.0. The summed E-state index contributed by atoms with van der Waals surface area (Å²) in [6, 6.07) is 9.31. The molecule has 0 radical (unpaired) electrons. The molecule has 0 aliphatic carbocycles. The van der Waals surface area contributed by atoms with Crippen molar-refractivity contribution in [1.82, 2.24) is 10.0 Å². The van der Waals surface area contributed by atoms with E-state index in [4.69, 9.17) is 4.74 Å². The molecule has 3 rings (SSSR count). The van der Waals surface area contributed by atoms with Gasteiger partial charge in [0, 0.05) is 19.8 Å². The summed E-state index contributed by atoms with van der Waals surface area (Å²) in [6.45, 7) is 8.81. The van der Waals surface area contributed by atoms with Gasteiger partial charge in [-0.15, -0.1) is 0 Å². The Morgan fingerprint density at radius 1 is 1.14 bits per heavy atom. The van der Waals surface area contributed by atoms with Gasteiger partial charge >= 0.3 is 5.97 Å². The van der Waals surface area contributed by atoms with Crippen molar-refractivity contribution in [3.05, 3.63) is 59.8 Å². The standard InChI is InChI=1S/C21H26N2O4Si/c1-15-18-11-10-17(21(26)27-12-13-28(2,3)4)14-22(23(18)19(15)24)20(25)16-8-6-5-7-9-16/h5-11,14-15,18H,12-13H2,1-4H3. The number of carbonyl (C=O) groups is 3. The summed E-state index contributed by atoms with van der Waals surface area (Å²) in [5.74, 6) is -1.23. The average molecular weight is 399 g/mol. The topological polar surface area (TPSA) is 66.9 Å². The Bertz CT molecular complexity index is 842. The lowest BCUT2D eigenvalue weighted by Crippen LogP contribution is -2.65. The summed E-state index contributed by atoms with van der Waals surface area (Å²) in [7, 11) is -1.32. The zero-order valence-corrected chi connectivity index (χ0v) is 17.7. The van der Waals surface area contributed by atoms with Crippen molar-refractivity contribution in [1.29, 1.82) is 0 Å². The van der Waals surface area contributed by atoms with Crippen LogP contribution in [0.2, 0.25) is 25.7 Å². The lowest BCUT2D eigenvalue weighted by Gasteiger charge is -2.47. The second-order valence-electron chi connectivity index (χ2n) is 8.37. The molecule has 7 heteroatoms. The highest BCUT2D eigenvalue weighted by atomic mass is 28.3. The number of carbonyl (C=O) groups excluding carboxylic acids is 3. The molecule has 2 aliphatic rings. The first kappa shape index (κ1) is 20.1. The van der Waals surface area contributed by atoms with Crippen molar-refractivity contribution in [3.63, 3.8) is 0 Å². The molecular formula is C21H26N2O4Si. The van der Waals surface area contributed by atoms with Gasteiger partial charge in [-0.25, -0.2) is 14.8 Å². The summed E-state index contributed by atoms with van der Waals surface area (Å²) in [5.41, 5.74) is 0.701. The van der Waals surface area contributed by atoms with Gasteiger partial charge in [0.15, 0.2) is 0 Å². The highest BCUT2D eigenvalue weighted by Gasteiger charge is 2.48.